The van der Waals surface area contributed by atoms with Gasteiger partial charge in [-0.3, -0.25) is 4.79 Å². The quantitative estimate of drug-likeness (QED) is 0.720. The van der Waals surface area contributed by atoms with Crippen molar-refractivity contribution in [2.24, 2.45) is 0 Å². The number of nitriles is 1. The van der Waals surface area contributed by atoms with Crippen molar-refractivity contribution < 1.29 is 4.79 Å². The molecule has 0 amide bonds. The molecule has 0 atom stereocenters. The molecule has 0 saturated heterocycles. The lowest BCUT2D eigenvalue weighted by molar-refractivity contribution is 0.0945. The lowest BCUT2D eigenvalue weighted by atomic mass is 10.1. The van der Waals surface area contributed by atoms with Gasteiger partial charge in [0.2, 0.25) is 0 Å². The van der Waals surface area contributed by atoms with Gasteiger partial charge in [-0.2, -0.15) is 10.4 Å². The first-order valence-corrected chi connectivity index (χ1v) is 6.44. The summed E-state index contributed by atoms with van der Waals surface area (Å²) < 4.78 is 1.31. The summed E-state index contributed by atoms with van der Waals surface area (Å²) in [7, 11) is 0. The SMILES string of the molecule is N#Cc1ccc(C(=O)n2ccc(-c3ccccc3)n2)cc1. The second kappa shape index (κ2) is 5.43. The van der Waals surface area contributed by atoms with E-state index in [1.807, 2.05) is 36.4 Å². The van der Waals surface area contributed by atoms with E-state index in [9.17, 15) is 4.79 Å². The minimum atomic E-state index is -0.221. The minimum absolute atomic E-state index is 0.221. The third-order valence-corrected chi connectivity index (χ3v) is 3.13. The van der Waals surface area contributed by atoms with Crippen LogP contribution in [-0.2, 0) is 0 Å². The largest absolute Gasteiger partial charge is 0.278 e. The van der Waals surface area contributed by atoms with Crippen LogP contribution >= 0.6 is 0 Å². The Labute approximate surface area is 121 Å². The Balaban J connectivity index is 1.89. The van der Waals surface area contributed by atoms with Gasteiger partial charge in [0.1, 0.15) is 0 Å². The average Bonchev–Trinajstić information content (AvgIpc) is 3.05. The molecule has 0 radical (unpaired) electrons. The number of hydrogen-bond acceptors (Lipinski definition) is 3. The molecular weight excluding hydrogens is 262 g/mol. The molecule has 1 heterocycles. The maximum atomic E-state index is 12.3. The molecule has 0 fully saturated rings. The number of hydrogen-bond donors (Lipinski definition) is 0. The molecule has 2 aromatic carbocycles. The third-order valence-electron chi connectivity index (χ3n) is 3.13. The molecule has 0 bridgehead atoms. The first-order chi connectivity index (χ1) is 10.3. The normalized spacial score (nSPS) is 10.0. The molecule has 0 spiro atoms. The van der Waals surface area contributed by atoms with E-state index in [4.69, 9.17) is 5.26 Å². The van der Waals surface area contributed by atoms with E-state index in [0.29, 0.717) is 11.1 Å². The standard InChI is InChI=1S/C17H11N3O/c18-12-13-6-8-15(9-7-13)17(21)20-11-10-16(19-20)14-4-2-1-3-5-14/h1-11H. The Hall–Kier alpha value is -3.19. The zero-order valence-corrected chi connectivity index (χ0v) is 11.1. The smallest absolute Gasteiger partial charge is 0.267 e. The Morgan fingerprint density at radius 1 is 1.00 bits per heavy atom. The van der Waals surface area contributed by atoms with Crippen molar-refractivity contribution in [3.8, 4) is 17.3 Å². The minimum Gasteiger partial charge on any atom is -0.267 e. The number of nitrogens with zero attached hydrogens (tertiary/aromatic N) is 3. The number of carbonyl (C=O) groups is 1. The van der Waals surface area contributed by atoms with Gasteiger partial charge in [-0.1, -0.05) is 30.3 Å². The van der Waals surface area contributed by atoms with Crippen molar-refractivity contribution >= 4 is 5.91 Å². The van der Waals surface area contributed by atoms with Gasteiger partial charge < -0.3 is 0 Å². The summed E-state index contributed by atoms with van der Waals surface area (Å²) in [5.41, 5.74) is 2.73. The van der Waals surface area contributed by atoms with E-state index in [1.165, 1.54) is 4.68 Å². The molecule has 0 N–H and O–H groups in total. The van der Waals surface area contributed by atoms with Crippen molar-refractivity contribution in [3.63, 3.8) is 0 Å². The fraction of sp³-hybridized carbons (Fsp3) is 0. The van der Waals surface area contributed by atoms with Crippen LogP contribution in [0.1, 0.15) is 15.9 Å². The fourth-order valence-electron chi connectivity index (χ4n) is 2.02. The van der Waals surface area contributed by atoms with Crippen molar-refractivity contribution in [1.82, 2.24) is 9.78 Å². The summed E-state index contributed by atoms with van der Waals surface area (Å²) in [6.45, 7) is 0. The summed E-state index contributed by atoms with van der Waals surface area (Å²) in [4.78, 5) is 12.3. The molecule has 0 aliphatic heterocycles. The van der Waals surface area contributed by atoms with Crippen LogP contribution < -0.4 is 0 Å². The summed E-state index contributed by atoms with van der Waals surface area (Å²) in [5, 5.41) is 13.1. The first kappa shape index (κ1) is 12.8. The topological polar surface area (TPSA) is 58.7 Å². The van der Waals surface area contributed by atoms with Gasteiger partial charge in [-0.15, -0.1) is 0 Å². The molecule has 0 aliphatic carbocycles. The van der Waals surface area contributed by atoms with Gasteiger partial charge in [-0.05, 0) is 30.3 Å². The van der Waals surface area contributed by atoms with Crippen molar-refractivity contribution in [3.05, 3.63) is 78.0 Å². The van der Waals surface area contributed by atoms with Gasteiger partial charge in [0.15, 0.2) is 0 Å². The molecule has 0 unspecified atom stereocenters. The fourth-order valence-corrected chi connectivity index (χ4v) is 2.02. The van der Waals surface area contributed by atoms with Crippen LogP contribution in [0.4, 0.5) is 0 Å². The zero-order valence-electron chi connectivity index (χ0n) is 11.1. The van der Waals surface area contributed by atoms with E-state index in [2.05, 4.69) is 5.10 Å². The Morgan fingerprint density at radius 2 is 1.71 bits per heavy atom. The predicted molar refractivity (Wildman–Crippen MR) is 78.5 cm³/mol. The van der Waals surface area contributed by atoms with Crippen LogP contribution in [0.15, 0.2) is 66.9 Å². The van der Waals surface area contributed by atoms with E-state index in [0.717, 1.165) is 11.3 Å². The molecule has 21 heavy (non-hydrogen) atoms. The Morgan fingerprint density at radius 3 is 2.38 bits per heavy atom. The van der Waals surface area contributed by atoms with Crippen LogP contribution in [0.3, 0.4) is 0 Å². The van der Waals surface area contributed by atoms with Gasteiger partial charge in [0.05, 0.1) is 17.3 Å². The highest BCUT2D eigenvalue weighted by atomic mass is 16.2. The highest BCUT2D eigenvalue weighted by molar-refractivity contribution is 5.95. The van der Waals surface area contributed by atoms with Gasteiger partial charge in [-0.25, -0.2) is 4.68 Å². The molecule has 100 valence electrons. The molecular formula is C17H11N3O. The lowest BCUT2D eigenvalue weighted by Gasteiger charge is -2.01. The molecule has 3 rings (SSSR count). The molecule has 3 aromatic rings. The van der Waals surface area contributed by atoms with Gasteiger partial charge in [0.25, 0.3) is 5.91 Å². The molecule has 4 heteroatoms. The van der Waals surface area contributed by atoms with Crippen molar-refractivity contribution in [2.75, 3.05) is 0 Å². The lowest BCUT2D eigenvalue weighted by Crippen LogP contribution is -2.12. The highest BCUT2D eigenvalue weighted by Crippen LogP contribution is 2.16. The number of carbonyl (C=O) groups excluding carboxylic acids is 1. The summed E-state index contributed by atoms with van der Waals surface area (Å²) in [6.07, 6.45) is 1.64. The first-order valence-electron chi connectivity index (χ1n) is 6.44. The van der Waals surface area contributed by atoms with Crippen LogP contribution in [0.25, 0.3) is 11.3 Å². The van der Waals surface area contributed by atoms with E-state index in [1.54, 1.807) is 36.5 Å². The Kier molecular flexibility index (Phi) is 3.32. The van der Waals surface area contributed by atoms with E-state index < -0.39 is 0 Å². The number of rotatable bonds is 2. The maximum absolute atomic E-state index is 12.3. The van der Waals surface area contributed by atoms with Crippen molar-refractivity contribution in [1.29, 1.82) is 5.26 Å². The van der Waals surface area contributed by atoms with E-state index in [-0.39, 0.29) is 5.91 Å². The predicted octanol–water partition coefficient (Wildman–Crippen LogP) is 3.11. The number of aromatic nitrogens is 2. The van der Waals surface area contributed by atoms with Crippen LogP contribution in [-0.4, -0.2) is 15.7 Å². The number of benzene rings is 2. The summed E-state index contributed by atoms with van der Waals surface area (Å²) >= 11 is 0. The summed E-state index contributed by atoms with van der Waals surface area (Å²) in [6, 6.07) is 20.0. The van der Waals surface area contributed by atoms with Crippen molar-refractivity contribution in [2.45, 2.75) is 0 Å². The highest BCUT2D eigenvalue weighted by Gasteiger charge is 2.10. The molecule has 1 aromatic heterocycles. The second-order valence-electron chi connectivity index (χ2n) is 4.51. The van der Waals surface area contributed by atoms with Gasteiger partial charge in [0, 0.05) is 17.3 Å². The molecule has 0 saturated carbocycles. The third kappa shape index (κ3) is 2.58. The second-order valence-corrected chi connectivity index (χ2v) is 4.51. The van der Waals surface area contributed by atoms with E-state index >= 15 is 0 Å². The molecule has 4 nitrogen and oxygen atoms in total. The zero-order chi connectivity index (χ0) is 14.7. The summed E-state index contributed by atoms with van der Waals surface area (Å²) in [5.74, 6) is -0.221. The van der Waals surface area contributed by atoms with Crippen LogP contribution in [0, 0.1) is 11.3 Å². The van der Waals surface area contributed by atoms with Gasteiger partial charge >= 0.3 is 0 Å². The van der Waals surface area contributed by atoms with Crippen LogP contribution in [0.2, 0.25) is 0 Å². The van der Waals surface area contributed by atoms with Crippen LogP contribution in [0.5, 0.6) is 0 Å². The monoisotopic (exact) mass is 273 g/mol. The molecule has 0 aliphatic rings. The average molecular weight is 273 g/mol. The maximum Gasteiger partial charge on any atom is 0.278 e. The Bertz CT molecular complexity index is 811.